The van der Waals surface area contributed by atoms with E-state index < -0.39 is 0 Å². The summed E-state index contributed by atoms with van der Waals surface area (Å²) in [7, 11) is 1.83. The van der Waals surface area contributed by atoms with Crippen molar-refractivity contribution in [2.75, 3.05) is 18.9 Å². The summed E-state index contributed by atoms with van der Waals surface area (Å²) in [5.74, 6) is -0.194. The monoisotopic (exact) mass is 312 g/mol. The molecule has 3 N–H and O–H groups in total. The standard InChI is InChI=1S/C15H22ClN3O2/c1-10(2)17-14(20)9-19(4)11(3)15(21)18-13-7-5-12(16)6-8-13/h5-8,10-11H,9H2,1-4H3,(H,17,20)(H,18,21)/p+1/t11-/m1/s1. The first-order valence-electron chi connectivity index (χ1n) is 6.97. The summed E-state index contributed by atoms with van der Waals surface area (Å²) < 4.78 is 0. The highest BCUT2D eigenvalue weighted by molar-refractivity contribution is 6.30. The van der Waals surface area contributed by atoms with E-state index in [-0.39, 0.29) is 30.4 Å². The molecular weight excluding hydrogens is 290 g/mol. The van der Waals surface area contributed by atoms with Crippen molar-refractivity contribution in [2.45, 2.75) is 32.9 Å². The van der Waals surface area contributed by atoms with Crippen molar-refractivity contribution in [1.82, 2.24) is 5.32 Å². The molecule has 0 fully saturated rings. The number of rotatable bonds is 6. The van der Waals surface area contributed by atoms with Gasteiger partial charge < -0.3 is 15.5 Å². The Bertz CT molecular complexity index is 488. The van der Waals surface area contributed by atoms with Gasteiger partial charge in [0.05, 0.1) is 7.05 Å². The van der Waals surface area contributed by atoms with Crippen molar-refractivity contribution in [2.24, 2.45) is 0 Å². The van der Waals surface area contributed by atoms with Gasteiger partial charge in [0.25, 0.3) is 11.8 Å². The van der Waals surface area contributed by atoms with Crippen LogP contribution in [-0.4, -0.2) is 37.5 Å². The van der Waals surface area contributed by atoms with Crippen molar-refractivity contribution < 1.29 is 14.5 Å². The van der Waals surface area contributed by atoms with Gasteiger partial charge in [-0.1, -0.05) is 11.6 Å². The van der Waals surface area contributed by atoms with E-state index in [9.17, 15) is 9.59 Å². The molecule has 0 saturated heterocycles. The minimum atomic E-state index is -0.335. The summed E-state index contributed by atoms with van der Waals surface area (Å²) in [4.78, 5) is 24.7. The van der Waals surface area contributed by atoms with Crippen LogP contribution in [0.5, 0.6) is 0 Å². The number of nitrogens with one attached hydrogen (secondary N) is 3. The average molecular weight is 313 g/mol. The van der Waals surface area contributed by atoms with E-state index in [0.717, 1.165) is 4.90 Å². The molecule has 2 atom stereocenters. The van der Waals surface area contributed by atoms with Crippen LogP contribution in [0.3, 0.4) is 0 Å². The van der Waals surface area contributed by atoms with Crippen molar-refractivity contribution in [3.8, 4) is 0 Å². The Morgan fingerprint density at radius 1 is 1.19 bits per heavy atom. The van der Waals surface area contributed by atoms with Crippen LogP contribution in [0, 0.1) is 0 Å². The third-order valence-electron chi connectivity index (χ3n) is 3.13. The molecule has 5 nitrogen and oxygen atoms in total. The Morgan fingerprint density at radius 2 is 1.76 bits per heavy atom. The van der Waals surface area contributed by atoms with E-state index in [0.29, 0.717) is 10.7 Å². The van der Waals surface area contributed by atoms with Crippen LogP contribution in [0.25, 0.3) is 0 Å². The lowest BCUT2D eigenvalue weighted by Crippen LogP contribution is -3.15. The van der Waals surface area contributed by atoms with E-state index in [2.05, 4.69) is 10.6 Å². The highest BCUT2D eigenvalue weighted by Crippen LogP contribution is 2.13. The number of hydrogen-bond donors (Lipinski definition) is 3. The largest absolute Gasteiger partial charge is 0.349 e. The second-order valence-electron chi connectivity index (χ2n) is 5.46. The lowest BCUT2D eigenvalue weighted by atomic mass is 10.2. The van der Waals surface area contributed by atoms with Crippen molar-refractivity contribution in [3.05, 3.63) is 29.3 Å². The predicted molar refractivity (Wildman–Crippen MR) is 84.6 cm³/mol. The summed E-state index contributed by atoms with van der Waals surface area (Å²) in [5, 5.41) is 6.25. The van der Waals surface area contributed by atoms with Crippen LogP contribution in [0.2, 0.25) is 5.02 Å². The van der Waals surface area contributed by atoms with Gasteiger partial charge in [-0.2, -0.15) is 0 Å². The minimum absolute atomic E-state index is 0.0614. The highest BCUT2D eigenvalue weighted by Gasteiger charge is 2.24. The number of halogens is 1. The number of carbonyl (C=O) groups excluding carboxylic acids is 2. The SMILES string of the molecule is CC(C)NC(=O)C[NH+](C)[C@H](C)C(=O)Nc1ccc(Cl)cc1. The van der Waals surface area contributed by atoms with E-state index >= 15 is 0 Å². The average Bonchev–Trinajstić information content (AvgIpc) is 2.39. The zero-order valence-corrected chi connectivity index (χ0v) is 13.6. The molecule has 2 amide bonds. The smallest absolute Gasteiger partial charge is 0.282 e. The van der Waals surface area contributed by atoms with Gasteiger partial charge in [-0.05, 0) is 45.0 Å². The molecule has 0 bridgehead atoms. The van der Waals surface area contributed by atoms with E-state index in [1.807, 2.05) is 20.9 Å². The topological polar surface area (TPSA) is 62.6 Å². The lowest BCUT2D eigenvalue weighted by Gasteiger charge is -2.21. The Hall–Kier alpha value is -1.59. The number of quaternary nitrogens is 1. The van der Waals surface area contributed by atoms with Gasteiger partial charge in [-0.3, -0.25) is 9.59 Å². The van der Waals surface area contributed by atoms with Gasteiger partial charge >= 0.3 is 0 Å². The van der Waals surface area contributed by atoms with E-state index in [1.54, 1.807) is 31.2 Å². The Labute approximate surface area is 130 Å². The quantitative estimate of drug-likeness (QED) is 0.724. The Morgan fingerprint density at radius 3 is 2.29 bits per heavy atom. The first kappa shape index (κ1) is 17.5. The molecule has 0 radical (unpaired) electrons. The van der Waals surface area contributed by atoms with Gasteiger partial charge in [0.1, 0.15) is 0 Å². The maximum Gasteiger partial charge on any atom is 0.282 e. The van der Waals surface area contributed by atoms with Crippen molar-refractivity contribution >= 4 is 29.1 Å². The second kappa shape index (κ2) is 8.00. The third-order valence-corrected chi connectivity index (χ3v) is 3.39. The molecule has 21 heavy (non-hydrogen) atoms. The maximum absolute atomic E-state index is 12.1. The molecule has 0 aliphatic rings. The van der Waals surface area contributed by atoms with E-state index in [4.69, 9.17) is 11.6 Å². The molecule has 0 aromatic heterocycles. The lowest BCUT2D eigenvalue weighted by molar-refractivity contribution is -0.885. The van der Waals surface area contributed by atoms with Gasteiger partial charge in [-0.15, -0.1) is 0 Å². The van der Waals surface area contributed by atoms with Crippen LogP contribution in [0.15, 0.2) is 24.3 Å². The molecular formula is C15H23ClN3O2+. The molecule has 0 aliphatic heterocycles. The highest BCUT2D eigenvalue weighted by atomic mass is 35.5. The number of anilines is 1. The fourth-order valence-electron chi connectivity index (χ4n) is 1.79. The maximum atomic E-state index is 12.1. The molecule has 0 saturated carbocycles. The first-order valence-corrected chi connectivity index (χ1v) is 7.35. The molecule has 116 valence electrons. The Balaban J connectivity index is 2.53. The van der Waals surface area contributed by atoms with Crippen LogP contribution >= 0.6 is 11.6 Å². The zero-order valence-electron chi connectivity index (χ0n) is 12.9. The Kier molecular flexibility index (Phi) is 6.65. The predicted octanol–water partition coefficient (Wildman–Crippen LogP) is 0.706. The molecule has 0 heterocycles. The van der Waals surface area contributed by atoms with Crippen LogP contribution in [0.1, 0.15) is 20.8 Å². The molecule has 0 aliphatic carbocycles. The number of carbonyl (C=O) groups is 2. The van der Waals surface area contributed by atoms with Crippen LogP contribution in [0.4, 0.5) is 5.69 Å². The van der Waals surface area contributed by atoms with Crippen LogP contribution in [-0.2, 0) is 9.59 Å². The summed E-state index contributed by atoms with van der Waals surface area (Å²) in [5.41, 5.74) is 0.690. The number of likely N-dealkylation sites (N-methyl/N-ethyl adjacent to an activating group) is 1. The van der Waals surface area contributed by atoms with Gasteiger partial charge in [0, 0.05) is 16.8 Å². The van der Waals surface area contributed by atoms with Crippen molar-refractivity contribution in [1.29, 1.82) is 0 Å². The molecule has 1 aromatic carbocycles. The molecule has 1 rings (SSSR count). The summed E-state index contributed by atoms with van der Waals surface area (Å²) >= 11 is 5.80. The second-order valence-corrected chi connectivity index (χ2v) is 5.90. The third kappa shape index (κ3) is 6.14. The minimum Gasteiger partial charge on any atom is -0.349 e. The molecule has 1 aromatic rings. The normalized spacial score (nSPS) is 13.6. The first-order chi connectivity index (χ1) is 9.79. The summed E-state index contributed by atoms with van der Waals surface area (Å²) in [6.45, 7) is 5.87. The number of amides is 2. The summed E-state index contributed by atoms with van der Waals surface area (Å²) in [6, 6.07) is 6.69. The van der Waals surface area contributed by atoms with Gasteiger partial charge in [-0.25, -0.2) is 0 Å². The van der Waals surface area contributed by atoms with Crippen molar-refractivity contribution in [3.63, 3.8) is 0 Å². The number of benzene rings is 1. The summed E-state index contributed by atoms with van der Waals surface area (Å²) in [6.07, 6.45) is 0. The molecule has 1 unspecified atom stereocenters. The fourth-order valence-corrected chi connectivity index (χ4v) is 1.91. The van der Waals surface area contributed by atoms with E-state index in [1.165, 1.54) is 0 Å². The van der Waals surface area contributed by atoms with Gasteiger partial charge in [0.15, 0.2) is 12.6 Å². The molecule has 0 spiro atoms. The van der Waals surface area contributed by atoms with Gasteiger partial charge in [0.2, 0.25) is 0 Å². The number of hydrogen-bond acceptors (Lipinski definition) is 2. The fraction of sp³-hybridized carbons (Fsp3) is 0.467. The zero-order chi connectivity index (χ0) is 16.0. The van der Waals surface area contributed by atoms with Crippen LogP contribution < -0.4 is 15.5 Å². The molecule has 6 heteroatoms.